The number of nitrogens with zero attached hydrogens (tertiary/aromatic N) is 4. The van der Waals surface area contributed by atoms with E-state index in [9.17, 15) is 4.79 Å². The summed E-state index contributed by atoms with van der Waals surface area (Å²) in [4.78, 5) is 26.0. The molecule has 28 heavy (non-hydrogen) atoms. The lowest BCUT2D eigenvalue weighted by Gasteiger charge is -2.37. The van der Waals surface area contributed by atoms with Crippen LogP contribution in [-0.2, 0) is 4.79 Å². The van der Waals surface area contributed by atoms with Crippen molar-refractivity contribution in [3.05, 3.63) is 36.7 Å². The van der Waals surface area contributed by atoms with E-state index < -0.39 is 0 Å². The van der Waals surface area contributed by atoms with Crippen LogP contribution in [0.15, 0.2) is 36.7 Å². The van der Waals surface area contributed by atoms with Gasteiger partial charge in [0.05, 0.1) is 18.1 Å². The largest absolute Gasteiger partial charge is 0.353 e. The van der Waals surface area contributed by atoms with Gasteiger partial charge in [-0.05, 0) is 44.7 Å². The van der Waals surface area contributed by atoms with Gasteiger partial charge in [-0.25, -0.2) is 4.98 Å². The number of anilines is 2. The molecular formula is C22H29N5O. The first kappa shape index (κ1) is 18.9. The Bertz CT molecular complexity index is 791. The normalized spacial score (nSPS) is 17.8. The molecule has 2 aromatic rings. The summed E-state index contributed by atoms with van der Waals surface area (Å²) < 4.78 is 0. The van der Waals surface area contributed by atoms with E-state index in [1.807, 2.05) is 36.7 Å². The Morgan fingerprint density at radius 1 is 1.07 bits per heavy atom. The van der Waals surface area contributed by atoms with Crippen molar-refractivity contribution in [3.8, 4) is 11.3 Å². The molecule has 1 aromatic carbocycles. The Morgan fingerprint density at radius 3 is 2.36 bits per heavy atom. The molecule has 4 rings (SSSR count). The molecule has 1 N–H and O–H groups in total. The van der Waals surface area contributed by atoms with Crippen LogP contribution in [0, 0.1) is 5.92 Å². The quantitative estimate of drug-likeness (QED) is 0.833. The first-order chi connectivity index (χ1) is 13.6. The first-order valence-corrected chi connectivity index (χ1v) is 10.3. The highest BCUT2D eigenvalue weighted by atomic mass is 16.1. The van der Waals surface area contributed by atoms with E-state index in [1.165, 1.54) is 12.8 Å². The van der Waals surface area contributed by atoms with Gasteiger partial charge in [0.1, 0.15) is 5.82 Å². The summed E-state index contributed by atoms with van der Waals surface area (Å²) in [5, 5.41) is 2.97. The van der Waals surface area contributed by atoms with Gasteiger partial charge in [0, 0.05) is 49.9 Å². The van der Waals surface area contributed by atoms with Crippen LogP contribution < -0.4 is 10.2 Å². The molecule has 0 unspecified atom stereocenters. The number of piperazine rings is 1. The first-order valence-electron chi connectivity index (χ1n) is 10.3. The summed E-state index contributed by atoms with van der Waals surface area (Å²) in [5.74, 6) is 1.65. The molecule has 148 valence electrons. The van der Waals surface area contributed by atoms with E-state index in [-0.39, 0.29) is 5.91 Å². The van der Waals surface area contributed by atoms with Gasteiger partial charge in [-0.15, -0.1) is 0 Å². The highest BCUT2D eigenvalue weighted by Gasteiger charge is 2.24. The standard InChI is InChI=1S/C22H29N5O/c1-16(2)26-9-11-27(12-10-26)21-15-23-20(14-24-21)18-5-7-19(8-6-18)25-22(28)13-17-3-4-17/h5-8,14-17H,3-4,9-13H2,1-2H3,(H,25,28). The van der Waals surface area contributed by atoms with Gasteiger partial charge in [0.2, 0.25) is 5.91 Å². The Balaban J connectivity index is 1.35. The van der Waals surface area contributed by atoms with Crippen LogP contribution in [-0.4, -0.2) is 53.0 Å². The van der Waals surface area contributed by atoms with Crippen LogP contribution in [0.2, 0.25) is 0 Å². The molecule has 1 aliphatic carbocycles. The molecule has 1 saturated carbocycles. The fraction of sp³-hybridized carbons (Fsp3) is 0.500. The molecule has 1 amide bonds. The number of nitrogens with one attached hydrogen (secondary N) is 1. The maximum absolute atomic E-state index is 11.9. The van der Waals surface area contributed by atoms with Crippen molar-refractivity contribution in [2.75, 3.05) is 36.4 Å². The minimum Gasteiger partial charge on any atom is -0.353 e. The van der Waals surface area contributed by atoms with E-state index >= 15 is 0 Å². The number of amides is 1. The fourth-order valence-electron chi connectivity index (χ4n) is 3.62. The van der Waals surface area contributed by atoms with Crippen LogP contribution >= 0.6 is 0 Å². The molecule has 0 spiro atoms. The molecule has 6 nitrogen and oxygen atoms in total. The van der Waals surface area contributed by atoms with Gasteiger partial charge in [-0.1, -0.05) is 12.1 Å². The maximum atomic E-state index is 11.9. The van der Waals surface area contributed by atoms with Crippen molar-refractivity contribution >= 4 is 17.4 Å². The van der Waals surface area contributed by atoms with E-state index in [4.69, 9.17) is 0 Å². The van der Waals surface area contributed by atoms with Crippen molar-refractivity contribution < 1.29 is 4.79 Å². The SMILES string of the molecule is CC(C)N1CCN(c2cnc(-c3ccc(NC(=O)CC4CC4)cc3)cn2)CC1. The molecule has 0 atom stereocenters. The lowest BCUT2D eigenvalue weighted by molar-refractivity contribution is -0.116. The molecule has 2 heterocycles. The predicted octanol–water partition coefficient (Wildman–Crippen LogP) is 3.41. The second-order valence-electron chi connectivity index (χ2n) is 8.15. The van der Waals surface area contributed by atoms with Crippen molar-refractivity contribution in [1.29, 1.82) is 0 Å². The Hall–Kier alpha value is -2.47. The molecule has 2 aliphatic rings. The van der Waals surface area contributed by atoms with E-state index in [1.54, 1.807) is 0 Å². The van der Waals surface area contributed by atoms with Crippen LogP contribution in [0.4, 0.5) is 11.5 Å². The minimum absolute atomic E-state index is 0.108. The average molecular weight is 380 g/mol. The third-order valence-electron chi connectivity index (χ3n) is 5.64. The summed E-state index contributed by atoms with van der Waals surface area (Å²) in [7, 11) is 0. The lowest BCUT2D eigenvalue weighted by Crippen LogP contribution is -2.49. The van der Waals surface area contributed by atoms with Crippen LogP contribution in [0.5, 0.6) is 0 Å². The van der Waals surface area contributed by atoms with Crippen molar-refractivity contribution in [1.82, 2.24) is 14.9 Å². The van der Waals surface area contributed by atoms with Gasteiger partial charge in [0.25, 0.3) is 0 Å². The Labute approximate surface area is 167 Å². The van der Waals surface area contributed by atoms with Crippen molar-refractivity contribution in [2.45, 2.75) is 39.2 Å². The molecule has 0 radical (unpaired) electrons. The number of hydrogen-bond donors (Lipinski definition) is 1. The third-order valence-corrected chi connectivity index (χ3v) is 5.64. The van der Waals surface area contributed by atoms with Gasteiger partial charge in [-0.2, -0.15) is 0 Å². The van der Waals surface area contributed by atoms with Gasteiger partial charge in [-0.3, -0.25) is 14.7 Å². The van der Waals surface area contributed by atoms with Crippen molar-refractivity contribution in [2.24, 2.45) is 5.92 Å². The second kappa shape index (κ2) is 8.27. The zero-order chi connectivity index (χ0) is 19.5. The number of benzene rings is 1. The minimum atomic E-state index is 0.108. The zero-order valence-corrected chi connectivity index (χ0v) is 16.8. The topological polar surface area (TPSA) is 61.4 Å². The number of rotatable bonds is 6. The highest BCUT2D eigenvalue weighted by Crippen LogP contribution is 2.32. The summed E-state index contributed by atoms with van der Waals surface area (Å²) in [6, 6.07) is 8.43. The number of hydrogen-bond acceptors (Lipinski definition) is 5. The second-order valence-corrected chi connectivity index (χ2v) is 8.15. The Kier molecular flexibility index (Phi) is 5.57. The Morgan fingerprint density at radius 2 is 1.79 bits per heavy atom. The number of aromatic nitrogens is 2. The van der Waals surface area contributed by atoms with Gasteiger partial charge in [0.15, 0.2) is 0 Å². The average Bonchev–Trinajstić information content (AvgIpc) is 3.53. The maximum Gasteiger partial charge on any atom is 0.224 e. The lowest BCUT2D eigenvalue weighted by atomic mass is 10.1. The molecule has 1 aromatic heterocycles. The van der Waals surface area contributed by atoms with Crippen LogP contribution in [0.1, 0.15) is 33.1 Å². The van der Waals surface area contributed by atoms with Gasteiger partial charge >= 0.3 is 0 Å². The molecule has 6 heteroatoms. The van der Waals surface area contributed by atoms with Crippen LogP contribution in [0.3, 0.4) is 0 Å². The monoisotopic (exact) mass is 379 g/mol. The van der Waals surface area contributed by atoms with Crippen LogP contribution in [0.25, 0.3) is 11.3 Å². The van der Waals surface area contributed by atoms with E-state index in [0.717, 1.165) is 48.9 Å². The molecule has 2 fully saturated rings. The highest BCUT2D eigenvalue weighted by molar-refractivity contribution is 5.91. The summed E-state index contributed by atoms with van der Waals surface area (Å²) in [6.07, 6.45) is 6.72. The predicted molar refractivity (Wildman–Crippen MR) is 112 cm³/mol. The molecule has 0 bridgehead atoms. The molecule has 1 aliphatic heterocycles. The molecule has 1 saturated heterocycles. The summed E-state index contributed by atoms with van der Waals surface area (Å²) in [5.41, 5.74) is 2.69. The summed E-state index contributed by atoms with van der Waals surface area (Å²) >= 11 is 0. The van der Waals surface area contributed by atoms with Gasteiger partial charge < -0.3 is 10.2 Å². The number of carbonyl (C=O) groups excluding carboxylic acids is 1. The zero-order valence-electron chi connectivity index (χ0n) is 16.8. The smallest absolute Gasteiger partial charge is 0.224 e. The number of carbonyl (C=O) groups is 1. The van der Waals surface area contributed by atoms with E-state index in [2.05, 4.69) is 38.9 Å². The molecular weight excluding hydrogens is 350 g/mol. The summed E-state index contributed by atoms with van der Waals surface area (Å²) in [6.45, 7) is 8.59. The van der Waals surface area contributed by atoms with E-state index in [0.29, 0.717) is 18.4 Å². The fourth-order valence-corrected chi connectivity index (χ4v) is 3.62. The third kappa shape index (κ3) is 4.68. The van der Waals surface area contributed by atoms with Crippen molar-refractivity contribution in [3.63, 3.8) is 0 Å².